The van der Waals surface area contributed by atoms with Gasteiger partial charge in [-0.2, -0.15) is 0 Å². The van der Waals surface area contributed by atoms with Crippen molar-refractivity contribution in [3.63, 3.8) is 0 Å². The lowest BCUT2D eigenvalue weighted by Crippen LogP contribution is -2.60. The fourth-order valence-electron chi connectivity index (χ4n) is 2.16. The van der Waals surface area contributed by atoms with E-state index in [-0.39, 0.29) is 0 Å². The number of aliphatic carboxylic acids is 1. The Morgan fingerprint density at radius 2 is 2.29 bits per heavy atom. The van der Waals surface area contributed by atoms with Gasteiger partial charge >= 0.3 is 5.97 Å². The van der Waals surface area contributed by atoms with Crippen LogP contribution < -0.4 is 0 Å². The van der Waals surface area contributed by atoms with Crippen LogP contribution in [-0.4, -0.2) is 47.8 Å². The van der Waals surface area contributed by atoms with Gasteiger partial charge in [0.2, 0.25) is 0 Å². The molecule has 0 amide bonds. The molecule has 14 heavy (non-hydrogen) atoms. The van der Waals surface area contributed by atoms with E-state index in [9.17, 15) is 4.79 Å². The van der Waals surface area contributed by atoms with Gasteiger partial charge in [-0.3, -0.25) is 9.69 Å². The minimum absolute atomic E-state index is 0.311. The Balaban J connectivity index is 1.63. The lowest BCUT2D eigenvalue weighted by molar-refractivity contribution is -0.137. The molecule has 2 fully saturated rings. The summed E-state index contributed by atoms with van der Waals surface area (Å²) in [6.45, 7) is 2.91. The number of carboxylic acids is 1. The van der Waals surface area contributed by atoms with E-state index in [2.05, 4.69) is 4.90 Å². The summed E-state index contributed by atoms with van der Waals surface area (Å²) < 4.78 is 5.15. The van der Waals surface area contributed by atoms with E-state index in [4.69, 9.17) is 9.84 Å². The molecular weight excluding hydrogens is 182 g/mol. The molecule has 0 saturated carbocycles. The molecule has 2 rings (SSSR count). The SMILES string of the molecule is O=C(O)CCCC1CCN1C1COC1. The van der Waals surface area contributed by atoms with Crippen LogP contribution >= 0.6 is 0 Å². The van der Waals surface area contributed by atoms with Crippen molar-refractivity contribution < 1.29 is 14.6 Å². The number of hydrogen-bond donors (Lipinski definition) is 1. The van der Waals surface area contributed by atoms with Gasteiger partial charge in [-0.15, -0.1) is 0 Å². The Hall–Kier alpha value is -0.610. The summed E-state index contributed by atoms with van der Waals surface area (Å²) in [4.78, 5) is 12.8. The zero-order valence-corrected chi connectivity index (χ0v) is 8.32. The molecule has 2 aliphatic rings. The molecule has 0 radical (unpaired) electrons. The molecule has 1 N–H and O–H groups in total. The van der Waals surface area contributed by atoms with Gasteiger partial charge in [0.25, 0.3) is 0 Å². The van der Waals surface area contributed by atoms with E-state index in [0.29, 0.717) is 18.5 Å². The Morgan fingerprint density at radius 3 is 2.71 bits per heavy atom. The molecule has 80 valence electrons. The molecule has 0 aromatic carbocycles. The zero-order chi connectivity index (χ0) is 9.97. The highest BCUT2D eigenvalue weighted by Crippen LogP contribution is 2.27. The Morgan fingerprint density at radius 1 is 1.50 bits per heavy atom. The van der Waals surface area contributed by atoms with Crippen molar-refractivity contribution in [1.29, 1.82) is 0 Å². The second kappa shape index (κ2) is 4.28. The number of ether oxygens (including phenoxy) is 1. The van der Waals surface area contributed by atoms with E-state index in [1.165, 1.54) is 13.0 Å². The number of carboxylic acid groups (broad SMARTS) is 1. The van der Waals surface area contributed by atoms with Crippen LogP contribution in [0.5, 0.6) is 0 Å². The number of likely N-dealkylation sites (tertiary alicyclic amines) is 1. The smallest absolute Gasteiger partial charge is 0.303 e. The molecule has 0 bridgehead atoms. The van der Waals surface area contributed by atoms with Crippen LogP contribution in [0.15, 0.2) is 0 Å². The van der Waals surface area contributed by atoms with Crippen molar-refractivity contribution in [2.45, 2.75) is 37.8 Å². The van der Waals surface area contributed by atoms with Gasteiger partial charge in [0, 0.05) is 19.0 Å². The monoisotopic (exact) mass is 199 g/mol. The van der Waals surface area contributed by atoms with Crippen molar-refractivity contribution in [1.82, 2.24) is 4.90 Å². The van der Waals surface area contributed by atoms with E-state index < -0.39 is 5.97 Å². The number of hydrogen-bond acceptors (Lipinski definition) is 3. The van der Waals surface area contributed by atoms with Gasteiger partial charge in [-0.25, -0.2) is 0 Å². The Kier molecular flexibility index (Phi) is 3.03. The maximum absolute atomic E-state index is 10.3. The molecule has 1 atom stereocenters. The predicted molar refractivity (Wildman–Crippen MR) is 51.2 cm³/mol. The van der Waals surface area contributed by atoms with Gasteiger partial charge in [-0.1, -0.05) is 0 Å². The molecule has 0 aromatic rings. The quantitative estimate of drug-likeness (QED) is 0.708. The third kappa shape index (κ3) is 2.07. The van der Waals surface area contributed by atoms with Crippen molar-refractivity contribution in [2.75, 3.05) is 19.8 Å². The van der Waals surface area contributed by atoms with Crippen LogP contribution in [0.3, 0.4) is 0 Å². The topological polar surface area (TPSA) is 49.8 Å². The highest BCUT2D eigenvalue weighted by molar-refractivity contribution is 5.66. The summed E-state index contributed by atoms with van der Waals surface area (Å²) in [5.41, 5.74) is 0. The number of nitrogens with zero attached hydrogens (tertiary/aromatic N) is 1. The molecule has 2 heterocycles. The number of carbonyl (C=O) groups is 1. The van der Waals surface area contributed by atoms with Gasteiger partial charge in [0.15, 0.2) is 0 Å². The third-order valence-corrected chi connectivity index (χ3v) is 3.21. The molecule has 4 heteroatoms. The highest BCUT2D eigenvalue weighted by Gasteiger charge is 2.36. The van der Waals surface area contributed by atoms with Crippen molar-refractivity contribution in [3.8, 4) is 0 Å². The first kappa shape index (κ1) is 9.93. The molecule has 0 aliphatic carbocycles. The second-order valence-corrected chi connectivity index (χ2v) is 4.16. The highest BCUT2D eigenvalue weighted by atomic mass is 16.5. The van der Waals surface area contributed by atoms with Crippen LogP contribution in [-0.2, 0) is 9.53 Å². The molecule has 1 unspecified atom stereocenters. The summed E-state index contributed by atoms with van der Waals surface area (Å²) in [5.74, 6) is -0.678. The third-order valence-electron chi connectivity index (χ3n) is 3.21. The standard InChI is InChI=1S/C10H17NO3/c12-10(13)3-1-2-8-4-5-11(8)9-6-14-7-9/h8-9H,1-7H2,(H,12,13). The van der Waals surface area contributed by atoms with Gasteiger partial charge < -0.3 is 9.84 Å². The molecule has 4 nitrogen and oxygen atoms in total. The van der Waals surface area contributed by atoms with Crippen LogP contribution in [0, 0.1) is 0 Å². The fraction of sp³-hybridized carbons (Fsp3) is 0.900. The van der Waals surface area contributed by atoms with Crippen molar-refractivity contribution >= 4 is 5.97 Å². The molecular formula is C10H17NO3. The Labute approximate surface area is 83.8 Å². The van der Waals surface area contributed by atoms with Crippen LogP contribution in [0.25, 0.3) is 0 Å². The van der Waals surface area contributed by atoms with Crippen molar-refractivity contribution in [2.24, 2.45) is 0 Å². The number of rotatable bonds is 5. The first-order valence-corrected chi connectivity index (χ1v) is 5.32. The summed E-state index contributed by atoms with van der Waals surface area (Å²) in [6.07, 6.45) is 3.38. The average molecular weight is 199 g/mol. The van der Waals surface area contributed by atoms with Crippen LogP contribution in [0.4, 0.5) is 0 Å². The lowest BCUT2D eigenvalue weighted by Gasteiger charge is -2.49. The summed E-state index contributed by atoms with van der Waals surface area (Å²) >= 11 is 0. The lowest BCUT2D eigenvalue weighted by atomic mass is 9.94. The fourth-order valence-corrected chi connectivity index (χ4v) is 2.16. The minimum atomic E-state index is -0.678. The molecule has 0 spiro atoms. The predicted octanol–water partition coefficient (Wildman–Crippen LogP) is 0.714. The maximum Gasteiger partial charge on any atom is 0.303 e. The van der Waals surface area contributed by atoms with Gasteiger partial charge in [0.1, 0.15) is 0 Å². The first-order chi connectivity index (χ1) is 6.77. The first-order valence-electron chi connectivity index (χ1n) is 5.32. The van der Waals surface area contributed by atoms with E-state index in [1.807, 2.05) is 0 Å². The second-order valence-electron chi connectivity index (χ2n) is 4.16. The zero-order valence-electron chi connectivity index (χ0n) is 8.32. The Bertz CT molecular complexity index is 215. The maximum atomic E-state index is 10.3. The van der Waals surface area contributed by atoms with Crippen LogP contribution in [0.1, 0.15) is 25.7 Å². The minimum Gasteiger partial charge on any atom is -0.481 e. The van der Waals surface area contributed by atoms with Gasteiger partial charge in [0.05, 0.1) is 19.3 Å². The van der Waals surface area contributed by atoms with Crippen LogP contribution in [0.2, 0.25) is 0 Å². The van der Waals surface area contributed by atoms with E-state index in [0.717, 1.165) is 26.1 Å². The van der Waals surface area contributed by atoms with E-state index in [1.54, 1.807) is 0 Å². The molecule has 0 aromatic heterocycles. The molecule has 2 aliphatic heterocycles. The summed E-state index contributed by atoms with van der Waals surface area (Å²) in [5, 5.41) is 8.52. The largest absolute Gasteiger partial charge is 0.481 e. The normalized spacial score (nSPS) is 28.1. The average Bonchev–Trinajstić information content (AvgIpc) is 2.02. The summed E-state index contributed by atoms with van der Waals surface area (Å²) in [7, 11) is 0. The summed E-state index contributed by atoms with van der Waals surface area (Å²) in [6, 6.07) is 1.25. The van der Waals surface area contributed by atoms with E-state index >= 15 is 0 Å². The molecule has 2 saturated heterocycles. The van der Waals surface area contributed by atoms with Crippen molar-refractivity contribution in [3.05, 3.63) is 0 Å². The van der Waals surface area contributed by atoms with Gasteiger partial charge in [-0.05, 0) is 19.3 Å².